The molecule has 8 heteroatoms. The van der Waals surface area contributed by atoms with Crippen LogP contribution in [0.2, 0.25) is 0 Å². The minimum Gasteiger partial charge on any atom is -0.478 e. The van der Waals surface area contributed by atoms with E-state index in [1.807, 2.05) is 0 Å². The van der Waals surface area contributed by atoms with E-state index in [4.69, 9.17) is 20.4 Å². The van der Waals surface area contributed by atoms with Gasteiger partial charge in [0, 0.05) is 9.79 Å². The van der Waals surface area contributed by atoms with Gasteiger partial charge in [0.1, 0.15) is 0 Å². The van der Waals surface area contributed by atoms with E-state index in [0.29, 0.717) is 16.2 Å². The van der Waals surface area contributed by atoms with E-state index in [2.05, 4.69) is 6.92 Å². The summed E-state index contributed by atoms with van der Waals surface area (Å²) in [5.74, 6) is -2.00. The van der Waals surface area contributed by atoms with E-state index in [-0.39, 0.29) is 11.1 Å². The molecule has 4 N–H and O–H groups in total. The molecule has 0 saturated heterocycles. The molecule has 0 aliphatic rings. The highest BCUT2D eigenvalue weighted by Gasteiger charge is 2.13. The molecule has 2 aromatic carbocycles. The summed E-state index contributed by atoms with van der Waals surface area (Å²) in [6, 6.07) is 13.3. The van der Waals surface area contributed by atoms with Crippen LogP contribution < -0.4 is 0 Å². The molecular weight excluding hydrogens is 400 g/mol. The number of carboxylic acid groups (broad SMARTS) is 2. The number of carbonyl (C=O) groups is 2. The monoisotopic (exact) mass is 424 g/mol. The zero-order chi connectivity index (χ0) is 20.9. The first kappa shape index (κ1) is 24.0. The Morgan fingerprint density at radius 1 is 0.821 bits per heavy atom. The van der Waals surface area contributed by atoms with Crippen LogP contribution in [0.25, 0.3) is 0 Å². The van der Waals surface area contributed by atoms with Gasteiger partial charge in [0.05, 0.1) is 11.1 Å². The molecule has 0 aliphatic heterocycles. The van der Waals surface area contributed by atoms with Gasteiger partial charge in [-0.25, -0.2) is 9.59 Å². The average molecular weight is 425 g/mol. The van der Waals surface area contributed by atoms with Crippen molar-refractivity contribution in [1.29, 1.82) is 0 Å². The second-order valence-electron chi connectivity index (χ2n) is 5.75. The lowest BCUT2D eigenvalue weighted by atomic mass is 10.2. The molecule has 2 rings (SSSR count). The second kappa shape index (κ2) is 13.2. The van der Waals surface area contributed by atoms with Crippen molar-refractivity contribution in [3.8, 4) is 0 Å². The number of aliphatic hydroxyl groups is 2. The van der Waals surface area contributed by atoms with E-state index in [0.717, 1.165) is 19.3 Å². The fraction of sp³-hybridized carbons (Fsp3) is 0.300. The smallest absolute Gasteiger partial charge is 0.336 e. The lowest BCUT2D eigenvalue weighted by Gasteiger charge is -2.06. The van der Waals surface area contributed by atoms with Crippen LogP contribution in [0.1, 0.15) is 53.3 Å². The predicted octanol–water partition coefficient (Wildman–Crippen LogP) is 4.76. The largest absolute Gasteiger partial charge is 0.478 e. The highest BCUT2D eigenvalue weighted by atomic mass is 33.1. The van der Waals surface area contributed by atoms with Crippen LogP contribution in [-0.2, 0) is 0 Å². The third kappa shape index (κ3) is 8.79. The van der Waals surface area contributed by atoms with Crippen LogP contribution in [-0.4, -0.2) is 38.7 Å². The number of benzene rings is 2. The minimum atomic E-state index is -1.10. The second-order valence-corrected chi connectivity index (χ2v) is 7.96. The van der Waals surface area contributed by atoms with Crippen LogP contribution in [0.15, 0.2) is 58.3 Å². The minimum absolute atomic E-state index is 0.206. The summed E-state index contributed by atoms with van der Waals surface area (Å²) in [5, 5.41) is 34.8. The number of hydrogen-bond acceptors (Lipinski definition) is 6. The van der Waals surface area contributed by atoms with E-state index < -0.39 is 18.2 Å². The van der Waals surface area contributed by atoms with Gasteiger partial charge in [0.15, 0.2) is 6.29 Å². The quantitative estimate of drug-likeness (QED) is 0.259. The summed E-state index contributed by atoms with van der Waals surface area (Å²) in [5.41, 5.74) is 0.413. The molecule has 0 radical (unpaired) electrons. The molecule has 152 valence electrons. The van der Waals surface area contributed by atoms with E-state index >= 15 is 0 Å². The Labute approximate surface area is 172 Å². The number of aromatic carboxylic acids is 2. The van der Waals surface area contributed by atoms with Crippen LogP contribution in [0, 0.1) is 0 Å². The Morgan fingerprint density at radius 2 is 1.25 bits per heavy atom. The molecule has 0 aliphatic carbocycles. The molecule has 28 heavy (non-hydrogen) atoms. The first-order valence-corrected chi connectivity index (χ1v) is 10.9. The molecule has 0 aromatic heterocycles. The van der Waals surface area contributed by atoms with E-state index in [1.54, 1.807) is 36.4 Å². The molecule has 0 heterocycles. The highest BCUT2D eigenvalue weighted by Crippen LogP contribution is 2.40. The Bertz CT molecular complexity index is 706. The van der Waals surface area contributed by atoms with Gasteiger partial charge in [-0.05, 0) is 37.1 Å². The van der Waals surface area contributed by atoms with Crippen molar-refractivity contribution in [1.82, 2.24) is 0 Å². The molecule has 0 fully saturated rings. The molecule has 0 saturated carbocycles. The van der Waals surface area contributed by atoms with Crippen molar-refractivity contribution in [2.45, 2.75) is 48.7 Å². The third-order valence-electron chi connectivity index (χ3n) is 3.52. The maximum Gasteiger partial charge on any atom is 0.336 e. The van der Waals surface area contributed by atoms with E-state index in [1.165, 1.54) is 33.7 Å². The Morgan fingerprint density at radius 3 is 1.61 bits per heavy atom. The fourth-order valence-electron chi connectivity index (χ4n) is 2.10. The maximum atomic E-state index is 11.1. The summed E-state index contributed by atoms with van der Waals surface area (Å²) < 4.78 is 0. The summed E-state index contributed by atoms with van der Waals surface area (Å²) in [7, 11) is 2.47. The molecule has 2 aromatic rings. The molecular formula is C20H24O6S2. The summed E-state index contributed by atoms with van der Waals surface area (Å²) >= 11 is 0. The molecule has 0 amide bonds. The van der Waals surface area contributed by atoms with Crippen molar-refractivity contribution < 1.29 is 30.0 Å². The van der Waals surface area contributed by atoms with Gasteiger partial charge in [-0.2, -0.15) is 0 Å². The fourth-order valence-corrected chi connectivity index (χ4v) is 4.45. The molecule has 0 unspecified atom stereocenters. The maximum absolute atomic E-state index is 11.1. The van der Waals surface area contributed by atoms with Gasteiger partial charge >= 0.3 is 11.9 Å². The average Bonchev–Trinajstić information content (AvgIpc) is 2.67. The number of aliphatic hydroxyl groups excluding tert-OH is 1. The van der Waals surface area contributed by atoms with Gasteiger partial charge in [-0.15, -0.1) is 0 Å². The Hall–Kier alpha value is -2.00. The van der Waals surface area contributed by atoms with Gasteiger partial charge in [-0.1, -0.05) is 65.6 Å². The van der Waals surface area contributed by atoms with Crippen LogP contribution >= 0.6 is 21.6 Å². The van der Waals surface area contributed by atoms with Crippen molar-refractivity contribution in [3.63, 3.8) is 0 Å². The molecule has 0 atom stereocenters. The summed E-state index contributed by atoms with van der Waals surface area (Å²) in [6.45, 7) is 2.09. The lowest BCUT2D eigenvalue weighted by Crippen LogP contribution is -2.02. The van der Waals surface area contributed by atoms with Crippen LogP contribution in [0.3, 0.4) is 0 Å². The zero-order valence-electron chi connectivity index (χ0n) is 15.4. The Kier molecular flexibility index (Phi) is 11.4. The van der Waals surface area contributed by atoms with Gasteiger partial charge < -0.3 is 20.4 Å². The predicted molar refractivity (Wildman–Crippen MR) is 111 cm³/mol. The van der Waals surface area contributed by atoms with Crippen molar-refractivity contribution in [2.24, 2.45) is 0 Å². The molecule has 0 spiro atoms. The molecule has 6 nitrogen and oxygen atoms in total. The topological polar surface area (TPSA) is 115 Å². The van der Waals surface area contributed by atoms with E-state index in [9.17, 15) is 9.59 Å². The van der Waals surface area contributed by atoms with Crippen LogP contribution in [0.4, 0.5) is 0 Å². The standard InChI is InChI=1S/C14H10O4S2.C6H14O2/c15-13(16)9-5-1-3-7-11(9)19-20-12-8-4-2-6-10(12)14(17)18;1-2-3-4-5-6(7)8/h1-8H,(H,15,16)(H,17,18);6-8H,2-5H2,1H3. The van der Waals surface area contributed by atoms with Crippen LogP contribution in [0.5, 0.6) is 0 Å². The van der Waals surface area contributed by atoms with Crippen molar-refractivity contribution in [3.05, 3.63) is 59.7 Å². The third-order valence-corrected chi connectivity index (χ3v) is 6.00. The van der Waals surface area contributed by atoms with Crippen molar-refractivity contribution in [2.75, 3.05) is 0 Å². The number of carboxylic acids is 2. The SMILES string of the molecule is CCCCCC(O)O.O=C(O)c1ccccc1SSc1ccccc1C(=O)O. The van der Waals surface area contributed by atoms with Crippen molar-refractivity contribution >= 4 is 33.5 Å². The number of rotatable bonds is 9. The summed E-state index contributed by atoms with van der Waals surface area (Å²) in [6.07, 6.45) is 2.58. The lowest BCUT2D eigenvalue weighted by molar-refractivity contribution is -0.0465. The normalized spacial score (nSPS) is 10.3. The zero-order valence-corrected chi connectivity index (χ0v) is 17.1. The van der Waals surface area contributed by atoms with Gasteiger partial charge in [0.2, 0.25) is 0 Å². The highest BCUT2D eigenvalue weighted by molar-refractivity contribution is 8.76. The van der Waals surface area contributed by atoms with Gasteiger partial charge in [0.25, 0.3) is 0 Å². The number of hydrogen-bond donors (Lipinski definition) is 4. The van der Waals surface area contributed by atoms with Gasteiger partial charge in [-0.3, -0.25) is 0 Å². The Balaban J connectivity index is 0.000000416. The number of unbranched alkanes of at least 4 members (excludes halogenated alkanes) is 2. The summed E-state index contributed by atoms with van der Waals surface area (Å²) in [4.78, 5) is 23.4. The first-order chi connectivity index (χ1) is 13.4. The first-order valence-electron chi connectivity index (χ1n) is 8.72. The molecule has 0 bridgehead atoms.